The van der Waals surface area contributed by atoms with Gasteiger partial charge >= 0.3 is 11.9 Å². The molecule has 0 heterocycles. The SMILES string of the molecule is COc1ccc(/C=C/C(=O)OCCOC(=O)C(CC(C)(C)C)C(C)(C)C)cc1. The van der Waals surface area contributed by atoms with Crippen molar-refractivity contribution in [2.24, 2.45) is 16.7 Å². The van der Waals surface area contributed by atoms with Crippen molar-refractivity contribution in [2.45, 2.75) is 48.0 Å². The first-order valence-electron chi connectivity index (χ1n) is 9.58. The highest BCUT2D eigenvalue weighted by Crippen LogP contribution is 2.36. The minimum atomic E-state index is -0.478. The molecule has 0 radical (unpaired) electrons. The monoisotopic (exact) mass is 390 g/mol. The number of hydrogen-bond acceptors (Lipinski definition) is 5. The van der Waals surface area contributed by atoms with E-state index in [-0.39, 0.29) is 35.9 Å². The number of ether oxygens (including phenoxy) is 3. The van der Waals surface area contributed by atoms with Crippen molar-refractivity contribution in [1.29, 1.82) is 0 Å². The third kappa shape index (κ3) is 9.07. The summed E-state index contributed by atoms with van der Waals surface area (Å²) >= 11 is 0. The maximum absolute atomic E-state index is 12.5. The van der Waals surface area contributed by atoms with Crippen LogP contribution in [0.25, 0.3) is 6.08 Å². The van der Waals surface area contributed by atoms with Gasteiger partial charge in [0.05, 0.1) is 13.0 Å². The molecule has 0 N–H and O–H groups in total. The summed E-state index contributed by atoms with van der Waals surface area (Å²) < 4.78 is 15.5. The average molecular weight is 391 g/mol. The first kappa shape index (κ1) is 23.7. The maximum atomic E-state index is 12.5. The van der Waals surface area contributed by atoms with Gasteiger partial charge in [-0.1, -0.05) is 53.7 Å². The fourth-order valence-electron chi connectivity index (χ4n) is 2.67. The van der Waals surface area contributed by atoms with E-state index in [1.807, 2.05) is 45.0 Å². The lowest BCUT2D eigenvalue weighted by molar-refractivity contribution is -0.157. The molecule has 0 spiro atoms. The molecule has 5 heteroatoms. The molecule has 1 atom stereocenters. The van der Waals surface area contributed by atoms with E-state index in [1.165, 1.54) is 6.08 Å². The Labute approximate surface area is 169 Å². The lowest BCUT2D eigenvalue weighted by Crippen LogP contribution is -2.34. The van der Waals surface area contributed by atoms with Crippen LogP contribution >= 0.6 is 0 Å². The molecule has 0 aromatic heterocycles. The van der Waals surface area contributed by atoms with Gasteiger partial charge in [0, 0.05) is 6.08 Å². The van der Waals surface area contributed by atoms with Gasteiger partial charge in [0.25, 0.3) is 0 Å². The number of hydrogen-bond donors (Lipinski definition) is 0. The normalized spacial score (nSPS) is 13.2. The van der Waals surface area contributed by atoms with E-state index in [2.05, 4.69) is 20.8 Å². The van der Waals surface area contributed by atoms with Gasteiger partial charge in [0.2, 0.25) is 0 Å². The number of carbonyl (C=O) groups is 2. The van der Waals surface area contributed by atoms with Crippen molar-refractivity contribution in [3.05, 3.63) is 35.9 Å². The van der Waals surface area contributed by atoms with Crippen LogP contribution in [-0.4, -0.2) is 32.3 Å². The summed E-state index contributed by atoms with van der Waals surface area (Å²) in [4.78, 5) is 24.3. The van der Waals surface area contributed by atoms with Crippen molar-refractivity contribution >= 4 is 18.0 Å². The molecular formula is C23H34O5. The second-order valence-corrected chi connectivity index (χ2v) is 9.12. The van der Waals surface area contributed by atoms with Crippen LogP contribution in [0.1, 0.15) is 53.5 Å². The minimum absolute atomic E-state index is 0.0235. The Kier molecular flexibility index (Phi) is 8.73. The Hall–Kier alpha value is -2.30. The molecule has 1 aromatic carbocycles. The predicted molar refractivity (Wildman–Crippen MR) is 111 cm³/mol. The Bertz CT molecular complexity index is 660. The molecule has 0 bridgehead atoms. The van der Waals surface area contributed by atoms with E-state index < -0.39 is 5.97 Å². The Balaban J connectivity index is 2.44. The molecule has 0 fully saturated rings. The third-order valence-electron chi connectivity index (χ3n) is 4.25. The maximum Gasteiger partial charge on any atom is 0.330 e. The van der Waals surface area contributed by atoms with E-state index in [4.69, 9.17) is 14.2 Å². The van der Waals surface area contributed by atoms with Gasteiger partial charge in [-0.2, -0.15) is 0 Å². The fraction of sp³-hybridized carbons (Fsp3) is 0.565. The zero-order valence-corrected chi connectivity index (χ0v) is 18.2. The van der Waals surface area contributed by atoms with Gasteiger partial charge in [-0.15, -0.1) is 0 Å². The summed E-state index contributed by atoms with van der Waals surface area (Å²) in [5.41, 5.74) is 0.692. The quantitative estimate of drug-likeness (QED) is 0.359. The number of carbonyl (C=O) groups excluding carboxylic acids is 2. The van der Waals surface area contributed by atoms with Crippen molar-refractivity contribution in [1.82, 2.24) is 0 Å². The highest BCUT2D eigenvalue weighted by Gasteiger charge is 2.35. The third-order valence-corrected chi connectivity index (χ3v) is 4.25. The highest BCUT2D eigenvalue weighted by atomic mass is 16.6. The van der Waals surface area contributed by atoms with E-state index >= 15 is 0 Å². The second kappa shape index (κ2) is 10.3. The first-order chi connectivity index (χ1) is 12.9. The van der Waals surface area contributed by atoms with Crippen LogP contribution in [0.2, 0.25) is 0 Å². The van der Waals surface area contributed by atoms with E-state index in [0.29, 0.717) is 0 Å². The van der Waals surface area contributed by atoms with E-state index in [0.717, 1.165) is 17.7 Å². The van der Waals surface area contributed by atoms with Crippen LogP contribution in [0, 0.1) is 16.7 Å². The lowest BCUT2D eigenvalue weighted by atomic mass is 9.72. The van der Waals surface area contributed by atoms with Gasteiger partial charge in [-0.25, -0.2) is 4.79 Å². The molecule has 0 saturated carbocycles. The zero-order valence-electron chi connectivity index (χ0n) is 18.2. The van der Waals surface area contributed by atoms with Gasteiger partial charge in [-0.3, -0.25) is 4.79 Å². The Morgan fingerprint density at radius 2 is 1.54 bits per heavy atom. The Morgan fingerprint density at radius 3 is 2.04 bits per heavy atom. The van der Waals surface area contributed by atoms with E-state index in [1.54, 1.807) is 13.2 Å². The van der Waals surface area contributed by atoms with Crippen molar-refractivity contribution in [2.75, 3.05) is 20.3 Å². The number of rotatable bonds is 8. The molecule has 1 rings (SSSR count). The summed E-state index contributed by atoms with van der Waals surface area (Å²) in [6.45, 7) is 12.5. The number of esters is 2. The molecule has 0 aliphatic carbocycles. The highest BCUT2D eigenvalue weighted by molar-refractivity contribution is 5.87. The van der Waals surface area contributed by atoms with Gasteiger partial charge < -0.3 is 14.2 Å². The zero-order chi connectivity index (χ0) is 21.4. The molecule has 0 aliphatic heterocycles. The first-order valence-corrected chi connectivity index (χ1v) is 9.58. The van der Waals surface area contributed by atoms with Crippen LogP contribution in [0.15, 0.2) is 30.3 Å². The van der Waals surface area contributed by atoms with Crippen LogP contribution in [-0.2, 0) is 19.1 Å². The van der Waals surface area contributed by atoms with Crippen LogP contribution in [0.4, 0.5) is 0 Å². The van der Waals surface area contributed by atoms with Crippen LogP contribution < -0.4 is 4.74 Å². The molecule has 5 nitrogen and oxygen atoms in total. The molecule has 1 aromatic rings. The van der Waals surface area contributed by atoms with Gasteiger partial charge in [0.15, 0.2) is 0 Å². The minimum Gasteiger partial charge on any atom is -0.497 e. The lowest BCUT2D eigenvalue weighted by Gasteiger charge is -2.33. The molecule has 0 amide bonds. The summed E-state index contributed by atoms with van der Waals surface area (Å²) in [6, 6.07) is 7.31. The van der Waals surface area contributed by atoms with Crippen LogP contribution in [0.3, 0.4) is 0 Å². The smallest absolute Gasteiger partial charge is 0.330 e. The van der Waals surface area contributed by atoms with E-state index in [9.17, 15) is 9.59 Å². The van der Waals surface area contributed by atoms with Gasteiger partial charge in [0.1, 0.15) is 19.0 Å². The Morgan fingerprint density at radius 1 is 0.964 bits per heavy atom. The fourth-order valence-corrected chi connectivity index (χ4v) is 2.67. The molecule has 0 aliphatic rings. The van der Waals surface area contributed by atoms with Gasteiger partial charge in [-0.05, 0) is 41.0 Å². The number of methoxy groups -OCH3 is 1. The van der Waals surface area contributed by atoms with Crippen molar-refractivity contribution < 1.29 is 23.8 Å². The molecule has 28 heavy (non-hydrogen) atoms. The topological polar surface area (TPSA) is 61.8 Å². The number of benzene rings is 1. The molecule has 0 saturated heterocycles. The molecule has 156 valence electrons. The summed E-state index contributed by atoms with van der Waals surface area (Å²) in [6.07, 6.45) is 3.74. The second-order valence-electron chi connectivity index (χ2n) is 9.12. The van der Waals surface area contributed by atoms with Crippen molar-refractivity contribution in [3.63, 3.8) is 0 Å². The average Bonchev–Trinajstić information content (AvgIpc) is 2.60. The standard InChI is InChI=1S/C23H34O5/c1-22(2,3)16-19(23(4,5)6)21(25)28-15-14-27-20(24)13-10-17-8-11-18(26-7)12-9-17/h8-13,19H,14-16H2,1-7H3/b13-10+. The predicted octanol–water partition coefficient (Wildman–Crippen LogP) is 4.89. The summed E-state index contributed by atoms with van der Waals surface area (Å²) in [5, 5.41) is 0. The van der Waals surface area contributed by atoms with Crippen molar-refractivity contribution in [3.8, 4) is 5.75 Å². The summed E-state index contributed by atoms with van der Waals surface area (Å²) in [7, 11) is 1.60. The summed E-state index contributed by atoms with van der Waals surface area (Å²) in [5.74, 6) is -0.180. The van der Waals surface area contributed by atoms with Crippen LogP contribution in [0.5, 0.6) is 5.75 Å². The molecular weight excluding hydrogens is 356 g/mol. The largest absolute Gasteiger partial charge is 0.497 e. The molecule has 1 unspecified atom stereocenters.